The van der Waals surface area contributed by atoms with E-state index in [1.54, 1.807) is 22.7 Å². The number of para-hydroxylation sites is 2. The van der Waals surface area contributed by atoms with Gasteiger partial charge in [-0.2, -0.15) is 9.97 Å². The molecular weight excluding hydrogens is 1820 g/mol. The summed E-state index contributed by atoms with van der Waals surface area (Å²) in [4.78, 5) is 20.0. The molecule has 0 aliphatic carbocycles. The third-order valence-corrected chi connectivity index (χ3v) is 29.0. The number of rotatable bonds is 8. The first kappa shape index (κ1) is 84.4. The summed E-state index contributed by atoms with van der Waals surface area (Å²) < 4.78 is 18.4. The van der Waals surface area contributed by atoms with E-state index in [2.05, 4.69) is 201 Å². The molecule has 0 amide bonds. The van der Waals surface area contributed by atoms with Crippen LogP contribution in [-0.2, 0) is 24.7 Å². The molecule has 26 rings (SSSR count). The molecule has 21 aromatic carbocycles. The van der Waals surface area contributed by atoms with Crippen molar-refractivity contribution in [2.75, 3.05) is 0 Å². The molecule has 0 bridgehead atoms. The van der Waals surface area contributed by atoms with Crippen molar-refractivity contribution in [3.63, 3.8) is 0 Å². The van der Waals surface area contributed by atoms with Crippen LogP contribution in [0.15, 0.2) is 443 Å². The van der Waals surface area contributed by atoms with Gasteiger partial charge in [0.25, 0.3) is 10.0 Å². The summed E-state index contributed by atoms with van der Waals surface area (Å²) in [6.07, 6.45) is 5.54. The summed E-state index contributed by atoms with van der Waals surface area (Å²) in [6, 6.07) is 153. The quantitative estimate of drug-likeness (QED) is 0.0645. The van der Waals surface area contributed by atoms with Gasteiger partial charge < -0.3 is 29.7 Å². The Hall–Kier alpha value is -15.1. The van der Waals surface area contributed by atoms with Crippen LogP contribution < -0.4 is 36.1 Å². The van der Waals surface area contributed by atoms with Crippen molar-refractivity contribution < 1.29 is 44.9 Å². The van der Waals surface area contributed by atoms with Crippen LogP contribution in [0.3, 0.4) is 0 Å². The Bertz CT molecular complexity index is 7930. The first-order valence-corrected chi connectivity index (χ1v) is 45.7. The first-order chi connectivity index (χ1) is 63.2. The molecule has 2 N–H and O–H groups in total. The van der Waals surface area contributed by atoms with Crippen LogP contribution in [0.5, 0.6) is 11.5 Å². The maximum Gasteiger partial charge on any atom is 3.00 e. The van der Waals surface area contributed by atoms with Crippen LogP contribution in [0.2, 0.25) is 0 Å². The van der Waals surface area contributed by atoms with Crippen molar-refractivity contribution in [3.05, 3.63) is 461 Å². The van der Waals surface area contributed by atoms with Crippen LogP contribution >= 0.6 is 29.8 Å². The van der Waals surface area contributed by atoms with Crippen molar-refractivity contribution in [3.8, 4) is 66.4 Å². The second-order valence-electron chi connectivity index (χ2n) is 31.2. The Kier molecular flexibility index (Phi) is 24.3. The Balaban J connectivity index is 0.000000105. The second kappa shape index (κ2) is 37.4. The molecule has 5 aromatic heterocycles. The number of hydrogen-bond acceptors (Lipinski definition) is 8. The molecule has 0 fully saturated rings. The van der Waals surface area contributed by atoms with E-state index in [9.17, 15) is 10.2 Å². The summed E-state index contributed by atoms with van der Waals surface area (Å²) in [5, 5.41) is 54.6. The summed E-state index contributed by atoms with van der Waals surface area (Å²) in [5.74, 6) is 0.178. The molecule has 130 heavy (non-hydrogen) atoms. The monoisotopic (exact) mass is 1890 g/mol. The minimum Gasteiger partial charge on any atom is -0.871 e. The fourth-order valence-electron chi connectivity index (χ4n) is 17.6. The molecule has 0 aliphatic heterocycles. The number of nitrogens with one attached hydrogen (secondary N) is 2. The van der Waals surface area contributed by atoms with E-state index in [-0.39, 0.29) is 41.7 Å². The molecule has 0 aliphatic rings. The molecular formula is C117H75BeIrN5O3PS2+2. The SMILES string of the molecule is O=P(c1ccccc1)(c1ccc2ccc3cccc4ccc1c2c34)c1ccc2ccc3cccc4ccc1c2c34.[Be+2].[Ir+3].[O-]c1c(-c2[nH+]c3ccccc3s2)ccc2ccccc12.[O-]c1c(-c2[nH+]c3ccccc3s2)ccc2ccccc12.[c-]1ccccc1-c1nccc2ccccc12.[c-]1ccccc1-c1nccc2ccccc12.[c-]1ccccc1-c1nccc2ccccc12. The van der Waals surface area contributed by atoms with Crippen LogP contribution in [0.4, 0.5) is 0 Å². The van der Waals surface area contributed by atoms with Gasteiger partial charge in [-0.3, -0.25) is 0 Å². The zero-order chi connectivity index (χ0) is 85.9. The van der Waals surface area contributed by atoms with Crippen molar-refractivity contribution in [2.45, 2.75) is 0 Å². The minimum absolute atomic E-state index is 0. The number of pyridine rings is 3. The zero-order valence-electron chi connectivity index (χ0n) is 70.0. The summed E-state index contributed by atoms with van der Waals surface area (Å²) in [6.45, 7) is 0. The van der Waals surface area contributed by atoms with Gasteiger partial charge in [0.1, 0.15) is 9.40 Å². The third-order valence-electron chi connectivity index (χ3n) is 23.7. The fourth-order valence-corrected chi connectivity index (χ4v) is 22.7. The van der Waals surface area contributed by atoms with Crippen LogP contribution in [0.1, 0.15) is 0 Å². The van der Waals surface area contributed by atoms with Crippen molar-refractivity contribution in [1.29, 1.82) is 0 Å². The summed E-state index contributed by atoms with van der Waals surface area (Å²) >= 11 is 3.24. The van der Waals surface area contributed by atoms with Crippen molar-refractivity contribution in [1.82, 2.24) is 15.0 Å². The van der Waals surface area contributed by atoms with Crippen LogP contribution in [0.25, 0.3) is 194 Å². The van der Waals surface area contributed by atoms with Gasteiger partial charge in [-0.1, -0.05) is 319 Å². The van der Waals surface area contributed by atoms with Gasteiger partial charge >= 0.3 is 30.2 Å². The zero-order valence-corrected chi connectivity index (χ0v) is 74.9. The Morgan fingerprint density at radius 1 is 0.262 bits per heavy atom. The van der Waals surface area contributed by atoms with Gasteiger partial charge in [-0.25, -0.2) is 0 Å². The smallest absolute Gasteiger partial charge is 0.871 e. The second-order valence-corrected chi connectivity index (χ2v) is 36.0. The minimum atomic E-state index is -3.29. The molecule has 612 valence electrons. The van der Waals surface area contributed by atoms with Crippen LogP contribution in [0, 0.1) is 18.2 Å². The van der Waals surface area contributed by atoms with Gasteiger partial charge in [-0.05, 0) is 190 Å². The number of fused-ring (bicyclic) bond motifs is 7. The number of aromatic amines is 2. The largest absolute Gasteiger partial charge is 3.00 e. The predicted octanol–water partition coefficient (Wildman–Crippen LogP) is 27.1. The fraction of sp³-hybridized carbons (Fsp3) is 0. The average molecular weight is 1900 g/mol. The van der Waals surface area contributed by atoms with E-state index >= 15 is 4.57 Å². The molecule has 0 saturated carbocycles. The Morgan fingerprint density at radius 2 is 0.554 bits per heavy atom. The van der Waals surface area contributed by atoms with Crippen molar-refractivity contribution >= 4 is 195 Å². The van der Waals surface area contributed by atoms with E-state index in [0.717, 1.165) is 124 Å². The number of benzene rings is 21. The number of H-pyrrole nitrogens is 2. The maximum atomic E-state index is 16.1. The van der Waals surface area contributed by atoms with E-state index in [4.69, 9.17) is 0 Å². The van der Waals surface area contributed by atoms with Gasteiger partial charge in [0.05, 0.1) is 11.1 Å². The summed E-state index contributed by atoms with van der Waals surface area (Å²) in [5.41, 5.74) is 9.74. The molecule has 0 radical (unpaired) electrons. The Labute approximate surface area is 776 Å². The van der Waals surface area contributed by atoms with Crippen LogP contribution in [-0.4, -0.2) is 25.1 Å². The number of thiazole rings is 2. The third kappa shape index (κ3) is 16.4. The maximum absolute atomic E-state index is 16.1. The number of nitrogens with zero attached hydrogens (tertiary/aromatic N) is 3. The predicted molar refractivity (Wildman–Crippen MR) is 539 cm³/mol. The molecule has 26 aromatic rings. The number of aromatic nitrogens is 5. The molecule has 0 spiro atoms. The topological polar surface area (TPSA) is 130 Å². The van der Waals surface area contributed by atoms with Gasteiger partial charge in [0.15, 0.2) is 7.14 Å². The molecule has 8 nitrogen and oxygen atoms in total. The van der Waals surface area contributed by atoms with Gasteiger partial charge in [0.2, 0.25) is 11.0 Å². The van der Waals surface area contributed by atoms with E-state index in [1.807, 2.05) is 286 Å². The molecule has 5 heterocycles. The van der Waals surface area contributed by atoms with Crippen molar-refractivity contribution in [2.24, 2.45) is 0 Å². The Morgan fingerprint density at radius 3 is 0.915 bits per heavy atom. The standard InChI is InChI=1S/C38H23OP.2C17H11NOS.3C15H10N.Be.Ir/c39-40(30-10-2-1-3-11-30,33-22-18-28-14-12-24-6-4-8-26-16-20-31(33)37(28)35(24)26)34-23-19-29-15-13-25-7-5-9-27-17-21-32(34)38(29)36(25)27;2*19-16-12-6-2-1-5-11(12)9-10-13(16)17-18-14-7-3-4-8-15(14)20-17;3*1-2-7-13(8-3-1)15-14-9-5-4-6-12(14)10-11-16-15;;/h1-23H;2*1-10,19H;3*1-7,9-11H;;/q;;;3*-1;+2;+3. The molecule has 0 atom stereocenters. The normalized spacial score (nSPS) is 11.2. The number of hydrogen-bond donors (Lipinski definition) is 0. The van der Waals surface area contributed by atoms with E-state index < -0.39 is 7.14 Å². The molecule has 0 saturated heterocycles. The molecule has 0 unspecified atom stereocenters. The van der Waals surface area contributed by atoms with E-state index in [1.165, 1.54) is 86.2 Å². The summed E-state index contributed by atoms with van der Waals surface area (Å²) in [7, 11) is -3.29. The van der Waals surface area contributed by atoms with Gasteiger partial charge in [0, 0.05) is 46.6 Å². The molecule has 13 heteroatoms. The average Bonchev–Trinajstić information content (AvgIpc) is 0.805. The van der Waals surface area contributed by atoms with Gasteiger partial charge in [-0.15, -0.1) is 108 Å². The first-order valence-electron chi connectivity index (χ1n) is 42.3. The van der Waals surface area contributed by atoms with E-state index in [0.29, 0.717) is 0 Å².